The fourth-order valence-electron chi connectivity index (χ4n) is 2.09. The number of hydrogen-bond donors (Lipinski definition) is 1. The molecule has 1 aliphatic rings. The molecule has 1 saturated heterocycles. The van der Waals surface area contributed by atoms with Crippen molar-refractivity contribution in [1.29, 1.82) is 0 Å². The lowest BCUT2D eigenvalue weighted by Gasteiger charge is -2.09. The van der Waals surface area contributed by atoms with E-state index in [4.69, 9.17) is 9.84 Å². The topological polar surface area (TPSA) is 114 Å². The van der Waals surface area contributed by atoms with E-state index >= 15 is 0 Å². The number of esters is 1. The van der Waals surface area contributed by atoms with Crippen molar-refractivity contribution in [3.05, 3.63) is 35.2 Å². The Labute approximate surface area is 131 Å². The lowest BCUT2D eigenvalue weighted by Crippen LogP contribution is -2.34. The van der Waals surface area contributed by atoms with Crippen LogP contribution in [0.2, 0.25) is 0 Å². The van der Waals surface area contributed by atoms with Gasteiger partial charge in [-0.2, -0.15) is 0 Å². The average molecular weight is 318 g/mol. The normalized spacial score (nSPS) is 16.0. The Balaban J connectivity index is 2.24. The standard InChI is InChI=1S/C15H14N2O6/c1-2-23-15(22)11-4-9(6-16-7-11)3-10-5-12(18)17(14(10)21)8-13(19)20/h3-4,6-7H,2,5,8H2,1H3,(H,19,20)/b10-3+. The molecule has 1 aliphatic heterocycles. The maximum absolute atomic E-state index is 12.0. The first-order chi connectivity index (χ1) is 10.9. The number of nitrogens with zero attached hydrogens (tertiary/aromatic N) is 2. The van der Waals surface area contributed by atoms with E-state index in [1.54, 1.807) is 6.92 Å². The zero-order valence-corrected chi connectivity index (χ0v) is 12.3. The number of ether oxygens (including phenoxy) is 1. The van der Waals surface area contributed by atoms with Crippen molar-refractivity contribution in [2.24, 2.45) is 0 Å². The Morgan fingerprint density at radius 2 is 2.13 bits per heavy atom. The van der Waals surface area contributed by atoms with Crippen molar-refractivity contribution in [2.45, 2.75) is 13.3 Å². The van der Waals surface area contributed by atoms with Gasteiger partial charge >= 0.3 is 11.9 Å². The molecule has 0 aliphatic carbocycles. The fraction of sp³-hybridized carbons (Fsp3) is 0.267. The van der Waals surface area contributed by atoms with Crippen LogP contribution in [0.3, 0.4) is 0 Å². The summed E-state index contributed by atoms with van der Waals surface area (Å²) >= 11 is 0. The van der Waals surface area contributed by atoms with Gasteiger partial charge in [-0.25, -0.2) is 4.79 Å². The largest absolute Gasteiger partial charge is 0.480 e. The summed E-state index contributed by atoms with van der Waals surface area (Å²) in [4.78, 5) is 50.6. The monoisotopic (exact) mass is 318 g/mol. The van der Waals surface area contributed by atoms with Crippen molar-refractivity contribution in [1.82, 2.24) is 9.88 Å². The van der Waals surface area contributed by atoms with Crippen molar-refractivity contribution >= 4 is 29.8 Å². The first-order valence-corrected chi connectivity index (χ1v) is 6.81. The first-order valence-electron chi connectivity index (χ1n) is 6.81. The zero-order valence-electron chi connectivity index (χ0n) is 12.3. The maximum atomic E-state index is 12.0. The van der Waals surface area contributed by atoms with Crippen LogP contribution < -0.4 is 0 Å². The summed E-state index contributed by atoms with van der Waals surface area (Å²) < 4.78 is 4.86. The molecule has 0 bridgehead atoms. The molecule has 0 radical (unpaired) electrons. The van der Waals surface area contributed by atoms with Crippen LogP contribution in [0.15, 0.2) is 24.0 Å². The van der Waals surface area contributed by atoms with E-state index in [9.17, 15) is 19.2 Å². The van der Waals surface area contributed by atoms with Crippen LogP contribution in [-0.4, -0.2) is 51.9 Å². The third kappa shape index (κ3) is 3.79. The molecule has 0 spiro atoms. The molecule has 0 unspecified atom stereocenters. The predicted molar refractivity (Wildman–Crippen MR) is 77.1 cm³/mol. The Morgan fingerprint density at radius 1 is 1.39 bits per heavy atom. The molecule has 8 nitrogen and oxygen atoms in total. The molecule has 23 heavy (non-hydrogen) atoms. The van der Waals surface area contributed by atoms with Gasteiger partial charge in [0.15, 0.2) is 0 Å². The van der Waals surface area contributed by atoms with Gasteiger partial charge in [0.05, 0.1) is 18.6 Å². The van der Waals surface area contributed by atoms with Gasteiger partial charge in [-0.05, 0) is 24.6 Å². The van der Waals surface area contributed by atoms with Crippen LogP contribution in [-0.2, 0) is 19.1 Å². The predicted octanol–water partition coefficient (Wildman–Crippen LogP) is 0.485. The maximum Gasteiger partial charge on any atom is 0.339 e. The highest BCUT2D eigenvalue weighted by Gasteiger charge is 2.34. The second-order valence-electron chi connectivity index (χ2n) is 4.75. The first kappa shape index (κ1) is 16.3. The van der Waals surface area contributed by atoms with Gasteiger partial charge in [0.25, 0.3) is 5.91 Å². The Kier molecular flexibility index (Phi) is 4.85. The number of aromatic nitrogens is 1. The number of rotatable bonds is 5. The molecule has 8 heteroatoms. The highest BCUT2D eigenvalue weighted by Crippen LogP contribution is 2.21. The van der Waals surface area contributed by atoms with E-state index < -0.39 is 30.3 Å². The van der Waals surface area contributed by atoms with Gasteiger partial charge in [-0.1, -0.05) is 0 Å². The number of aliphatic carboxylic acids is 1. The second kappa shape index (κ2) is 6.82. The SMILES string of the molecule is CCOC(=O)c1cncc(/C=C2\CC(=O)N(CC(=O)O)C2=O)c1. The molecule has 1 fully saturated rings. The molecule has 1 N–H and O–H groups in total. The number of carboxylic acid groups (broad SMARTS) is 1. The summed E-state index contributed by atoms with van der Waals surface area (Å²) in [5.41, 5.74) is 0.823. The molecule has 0 aromatic carbocycles. The minimum atomic E-state index is -1.26. The number of pyridine rings is 1. The number of carboxylic acids is 1. The zero-order chi connectivity index (χ0) is 17.0. The lowest BCUT2D eigenvalue weighted by molar-refractivity contribution is -0.148. The Hall–Kier alpha value is -3.03. The second-order valence-corrected chi connectivity index (χ2v) is 4.75. The van der Waals surface area contributed by atoms with Crippen molar-refractivity contribution < 1.29 is 29.0 Å². The number of hydrogen-bond acceptors (Lipinski definition) is 6. The van der Waals surface area contributed by atoms with Crippen LogP contribution in [0.4, 0.5) is 0 Å². The van der Waals surface area contributed by atoms with Crippen molar-refractivity contribution in [3.63, 3.8) is 0 Å². The third-order valence-corrected chi connectivity index (χ3v) is 3.07. The van der Waals surface area contributed by atoms with Gasteiger partial charge in [0, 0.05) is 18.0 Å². The summed E-state index contributed by atoms with van der Waals surface area (Å²) in [6, 6.07) is 1.48. The van der Waals surface area contributed by atoms with Gasteiger partial charge in [0.1, 0.15) is 6.54 Å². The number of likely N-dealkylation sites (tertiary alicyclic amines) is 1. The molecular formula is C15H14N2O6. The Bertz CT molecular complexity index is 710. The Morgan fingerprint density at radius 3 is 2.78 bits per heavy atom. The highest BCUT2D eigenvalue weighted by atomic mass is 16.5. The van der Waals surface area contributed by atoms with Gasteiger partial charge < -0.3 is 9.84 Å². The van der Waals surface area contributed by atoms with Crippen LogP contribution in [0.1, 0.15) is 29.3 Å². The average Bonchev–Trinajstić information content (AvgIpc) is 2.75. The molecule has 1 aromatic rings. The number of amides is 2. The fourth-order valence-corrected chi connectivity index (χ4v) is 2.09. The molecule has 2 amide bonds. The molecule has 0 saturated carbocycles. The molecule has 2 rings (SSSR count). The minimum absolute atomic E-state index is 0.152. The smallest absolute Gasteiger partial charge is 0.339 e. The summed E-state index contributed by atoms with van der Waals surface area (Å²) in [7, 11) is 0. The summed E-state index contributed by atoms with van der Waals surface area (Å²) in [6.07, 6.45) is 3.99. The molecule has 2 heterocycles. The van der Waals surface area contributed by atoms with Crippen LogP contribution in [0.5, 0.6) is 0 Å². The summed E-state index contributed by atoms with van der Waals surface area (Å²) in [5.74, 6) is -3.03. The van der Waals surface area contributed by atoms with E-state index in [0.29, 0.717) is 10.5 Å². The molecular weight excluding hydrogens is 304 g/mol. The van der Waals surface area contributed by atoms with Crippen LogP contribution in [0, 0.1) is 0 Å². The van der Waals surface area contributed by atoms with E-state index in [1.165, 1.54) is 24.5 Å². The molecule has 1 aromatic heterocycles. The van der Waals surface area contributed by atoms with E-state index in [-0.39, 0.29) is 24.2 Å². The van der Waals surface area contributed by atoms with E-state index in [1.807, 2.05) is 0 Å². The molecule has 120 valence electrons. The quantitative estimate of drug-likeness (QED) is 0.477. The van der Waals surface area contributed by atoms with Crippen LogP contribution in [0.25, 0.3) is 6.08 Å². The van der Waals surface area contributed by atoms with Crippen molar-refractivity contribution in [2.75, 3.05) is 13.2 Å². The highest BCUT2D eigenvalue weighted by molar-refractivity contribution is 6.16. The minimum Gasteiger partial charge on any atom is -0.480 e. The molecule has 0 atom stereocenters. The number of carbonyl (C=O) groups excluding carboxylic acids is 3. The number of imide groups is 1. The van der Waals surface area contributed by atoms with Gasteiger partial charge in [-0.3, -0.25) is 24.3 Å². The van der Waals surface area contributed by atoms with Crippen LogP contribution >= 0.6 is 0 Å². The van der Waals surface area contributed by atoms with Gasteiger partial charge in [0.2, 0.25) is 5.91 Å². The number of carbonyl (C=O) groups is 4. The van der Waals surface area contributed by atoms with E-state index in [0.717, 1.165) is 0 Å². The summed E-state index contributed by atoms with van der Waals surface area (Å²) in [6.45, 7) is 1.23. The van der Waals surface area contributed by atoms with Crippen molar-refractivity contribution in [3.8, 4) is 0 Å². The summed E-state index contributed by atoms with van der Waals surface area (Å²) in [5, 5.41) is 8.71. The lowest BCUT2D eigenvalue weighted by atomic mass is 10.1. The van der Waals surface area contributed by atoms with Gasteiger partial charge in [-0.15, -0.1) is 0 Å². The van der Waals surface area contributed by atoms with E-state index in [2.05, 4.69) is 4.98 Å². The third-order valence-electron chi connectivity index (χ3n) is 3.07.